The molecule has 0 saturated carbocycles. The summed E-state index contributed by atoms with van der Waals surface area (Å²) in [6.45, 7) is 8.79. The van der Waals surface area contributed by atoms with Crippen molar-refractivity contribution in [1.82, 2.24) is 4.90 Å². The van der Waals surface area contributed by atoms with Crippen LogP contribution in [-0.2, 0) is 4.79 Å². The molecule has 0 aromatic heterocycles. The maximum absolute atomic E-state index is 12.3. The van der Waals surface area contributed by atoms with E-state index in [-0.39, 0.29) is 11.3 Å². The quantitative estimate of drug-likeness (QED) is 0.810. The second-order valence-corrected chi connectivity index (χ2v) is 6.61. The fourth-order valence-corrected chi connectivity index (χ4v) is 2.77. The van der Waals surface area contributed by atoms with Gasteiger partial charge < -0.3 is 15.5 Å². The minimum absolute atomic E-state index is 0.198. The number of hydrogen-bond donors (Lipinski definition) is 1. The molecule has 1 aliphatic heterocycles. The molecule has 1 fully saturated rings. The standard InChI is InChI=1S/C15H22ClN3O/c1-15(2,3)14(20)19-9-7-18(8-10-19)13-11(16)5-4-6-12(13)17/h4-6H,7-10,17H2,1-3H3. The van der Waals surface area contributed by atoms with E-state index >= 15 is 0 Å². The average Bonchev–Trinajstić information content (AvgIpc) is 2.37. The Kier molecular flexibility index (Phi) is 4.14. The zero-order valence-electron chi connectivity index (χ0n) is 12.3. The van der Waals surface area contributed by atoms with Gasteiger partial charge in [-0.05, 0) is 12.1 Å². The van der Waals surface area contributed by atoms with Crippen molar-refractivity contribution in [3.8, 4) is 0 Å². The molecule has 4 nitrogen and oxygen atoms in total. The van der Waals surface area contributed by atoms with Crippen LogP contribution in [0, 0.1) is 5.41 Å². The zero-order valence-corrected chi connectivity index (χ0v) is 13.1. The zero-order chi connectivity index (χ0) is 14.9. The molecule has 0 spiro atoms. The third-order valence-corrected chi connectivity index (χ3v) is 3.85. The topological polar surface area (TPSA) is 49.6 Å². The van der Waals surface area contributed by atoms with Gasteiger partial charge in [0.1, 0.15) is 0 Å². The Morgan fingerprint density at radius 2 is 1.80 bits per heavy atom. The summed E-state index contributed by atoms with van der Waals surface area (Å²) in [5, 5.41) is 0.667. The molecule has 0 aliphatic carbocycles. The molecule has 20 heavy (non-hydrogen) atoms. The fourth-order valence-electron chi connectivity index (χ4n) is 2.47. The Labute approximate surface area is 125 Å². The summed E-state index contributed by atoms with van der Waals surface area (Å²) in [4.78, 5) is 16.3. The number of para-hydroxylation sites is 1. The van der Waals surface area contributed by atoms with Crippen LogP contribution in [0.25, 0.3) is 0 Å². The van der Waals surface area contributed by atoms with Crippen molar-refractivity contribution >= 4 is 28.9 Å². The lowest BCUT2D eigenvalue weighted by molar-refractivity contribution is -0.139. The lowest BCUT2D eigenvalue weighted by Gasteiger charge is -2.39. The molecule has 0 radical (unpaired) electrons. The third kappa shape index (κ3) is 3.01. The SMILES string of the molecule is CC(C)(C)C(=O)N1CCN(c2c(N)cccc2Cl)CC1. The first-order valence-electron chi connectivity index (χ1n) is 6.89. The molecule has 2 rings (SSSR count). The van der Waals surface area contributed by atoms with Gasteiger partial charge in [-0.1, -0.05) is 38.4 Å². The van der Waals surface area contributed by atoms with Gasteiger partial charge in [0.25, 0.3) is 0 Å². The van der Waals surface area contributed by atoms with Crippen LogP contribution in [0.2, 0.25) is 5.02 Å². The van der Waals surface area contributed by atoms with Gasteiger partial charge in [-0.25, -0.2) is 0 Å². The summed E-state index contributed by atoms with van der Waals surface area (Å²) in [6, 6.07) is 5.55. The second-order valence-electron chi connectivity index (χ2n) is 6.21. The molecule has 110 valence electrons. The molecule has 2 N–H and O–H groups in total. The van der Waals surface area contributed by atoms with Gasteiger partial charge in [0.05, 0.1) is 16.4 Å². The van der Waals surface area contributed by atoms with E-state index in [0.29, 0.717) is 23.8 Å². The number of amides is 1. The maximum Gasteiger partial charge on any atom is 0.228 e. The molecule has 0 unspecified atom stereocenters. The Bertz CT molecular complexity index is 482. The normalized spacial score (nSPS) is 16.4. The number of carbonyl (C=O) groups is 1. The first kappa shape index (κ1) is 15.0. The predicted octanol–water partition coefficient (Wildman–Crippen LogP) is 2.62. The number of hydrogen-bond acceptors (Lipinski definition) is 3. The van der Waals surface area contributed by atoms with E-state index in [1.807, 2.05) is 43.9 Å². The lowest BCUT2D eigenvalue weighted by Crippen LogP contribution is -2.51. The van der Waals surface area contributed by atoms with Crippen molar-refractivity contribution in [1.29, 1.82) is 0 Å². The van der Waals surface area contributed by atoms with Gasteiger partial charge in [0, 0.05) is 31.6 Å². The van der Waals surface area contributed by atoms with Crippen LogP contribution in [0.1, 0.15) is 20.8 Å². The summed E-state index contributed by atoms with van der Waals surface area (Å²) in [7, 11) is 0. The minimum Gasteiger partial charge on any atom is -0.397 e. The van der Waals surface area contributed by atoms with Gasteiger partial charge in [-0.2, -0.15) is 0 Å². The van der Waals surface area contributed by atoms with Crippen molar-refractivity contribution in [2.24, 2.45) is 5.41 Å². The molecule has 1 saturated heterocycles. The van der Waals surface area contributed by atoms with Gasteiger partial charge in [0.15, 0.2) is 0 Å². The highest BCUT2D eigenvalue weighted by atomic mass is 35.5. The molecule has 1 aromatic rings. The molecule has 0 bridgehead atoms. The Hall–Kier alpha value is -1.42. The monoisotopic (exact) mass is 295 g/mol. The number of carbonyl (C=O) groups excluding carboxylic acids is 1. The molecule has 0 atom stereocenters. The van der Waals surface area contributed by atoms with Crippen molar-refractivity contribution in [3.05, 3.63) is 23.2 Å². The average molecular weight is 296 g/mol. The van der Waals surface area contributed by atoms with Gasteiger partial charge in [-0.15, -0.1) is 0 Å². The van der Waals surface area contributed by atoms with E-state index in [1.54, 1.807) is 0 Å². The fraction of sp³-hybridized carbons (Fsp3) is 0.533. The summed E-state index contributed by atoms with van der Waals surface area (Å²) < 4.78 is 0. The van der Waals surface area contributed by atoms with Crippen LogP contribution in [-0.4, -0.2) is 37.0 Å². The number of rotatable bonds is 1. The lowest BCUT2D eigenvalue weighted by atomic mass is 9.94. The van der Waals surface area contributed by atoms with Crippen molar-refractivity contribution in [2.75, 3.05) is 36.8 Å². The van der Waals surface area contributed by atoms with E-state index in [4.69, 9.17) is 17.3 Å². The number of benzene rings is 1. The maximum atomic E-state index is 12.3. The van der Waals surface area contributed by atoms with E-state index in [0.717, 1.165) is 18.8 Å². The summed E-state index contributed by atoms with van der Waals surface area (Å²) in [5.74, 6) is 0.198. The van der Waals surface area contributed by atoms with Crippen LogP contribution in [0.3, 0.4) is 0 Å². The molecular weight excluding hydrogens is 274 g/mol. The number of nitrogen functional groups attached to an aromatic ring is 1. The van der Waals surface area contributed by atoms with Crippen LogP contribution in [0.4, 0.5) is 11.4 Å². The Balaban J connectivity index is 2.07. The number of anilines is 2. The summed E-state index contributed by atoms with van der Waals surface area (Å²) in [5.41, 5.74) is 7.26. The van der Waals surface area contributed by atoms with Crippen molar-refractivity contribution in [3.63, 3.8) is 0 Å². The van der Waals surface area contributed by atoms with Gasteiger partial charge in [0.2, 0.25) is 5.91 Å². The molecule has 1 heterocycles. The van der Waals surface area contributed by atoms with Crippen LogP contribution < -0.4 is 10.6 Å². The molecule has 1 amide bonds. The number of halogens is 1. The van der Waals surface area contributed by atoms with Crippen LogP contribution in [0.5, 0.6) is 0 Å². The minimum atomic E-state index is -0.328. The number of piperazine rings is 1. The third-order valence-electron chi connectivity index (χ3n) is 3.54. The first-order valence-corrected chi connectivity index (χ1v) is 7.27. The Morgan fingerprint density at radius 3 is 2.30 bits per heavy atom. The van der Waals surface area contributed by atoms with E-state index in [9.17, 15) is 4.79 Å². The van der Waals surface area contributed by atoms with E-state index in [2.05, 4.69) is 4.90 Å². The van der Waals surface area contributed by atoms with E-state index < -0.39 is 0 Å². The van der Waals surface area contributed by atoms with Crippen LogP contribution >= 0.6 is 11.6 Å². The van der Waals surface area contributed by atoms with Gasteiger partial charge in [-0.3, -0.25) is 4.79 Å². The largest absolute Gasteiger partial charge is 0.397 e. The van der Waals surface area contributed by atoms with Crippen LogP contribution in [0.15, 0.2) is 18.2 Å². The number of nitrogens with two attached hydrogens (primary N) is 1. The smallest absolute Gasteiger partial charge is 0.228 e. The van der Waals surface area contributed by atoms with Crippen molar-refractivity contribution < 1.29 is 4.79 Å². The first-order chi connectivity index (χ1) is 9.30. The predicted molar refractivity (Wildman–Crippen MR) is 84.1 cm³/mol. The number of nitrogens with zero attached hydrogens (tertiary/aromatic N) is 2. The Morgan fingerprint density at radius 1 is 1.20 bits per heavy atom. The molecule has 1 aliphatic rings. The second kappa shape index (κ2) is 5.52. The molecule has 5 heteroatoms. The molecule has 1 aromatic carbocycles. The highest BCUT2D eigenvalue weighted by molar-refractivity contribution is 6.34. The summed E-state index contributed by atoms with van der Waals surface area (Å²) >= 11 is 6.23. The van der Waals surface area contributed by atoms with E-state index in [1.165, 1.54) is 0 Å². The van der Waals surface area contributed by atoms with Crippen molar-refractivity contribution in [2.45, 2.75) is 20.8 Å². The van der Waals surface area contributed by atoms with Gasteiger partial charge >= 0.3 is 0 Å². The highest BCUT2D eigenvalue weighted by Gasteiger charge is 2.30. The molecular formula is C15H22ClN3O. The highest BCUT2D eigenvalue weighted by Crippen LogP contribution is 2.32. The summed E-state index contributed by atoms with van der Waals surface area (Å²) in [6.07, 6.45) is 0.